The van der Waals surface area contributed by atoms with E-state index in [4.69, 9.17) is 14.1 Å². The number of hydrogen-bond donors (Lipinski definition) is 1. The third kappa shape index (κ3) is 5.71. The Morgan fingerprint density at radius 1 is 1.02 bits per heavy atom. The molecule has 0 aliphatic rings. The average molecular weight is 576 g/mol. The highest BCUT2D eigenvalue weighted by atomic mass is 19.1. The number of furan rings is 1. The van der Waals surface area contributed by atoms with Crippen LogP contribution in [-0.2, 0) is 4.79 Å². The van der Waals surface area contributed by atoms with Crippen molar-refractivity contribution in [1.82, 2.24) is 9.66 Å². The second-order valence-corrected chi connectivity index (χ2v) is 9.90. The van der Waals surface area contributed by atoms with Gasteiger partial charge in [-0.3, -0.25) is 9.59 Å². The van der Waals surface area contributed by atoms with Crippen LogP contribution in [0.2, 0.25) is 0 Å². The zero-order valence-electron chi connectivity index (χ0n) is 23.3. The molecule has 9 nitrogen and oxygen atoms in total. The van der Waals surface area contributed by atoms with Gasteiger partial charge in [0.1, 0.15) is 17.1 Å². The number of anilines is 2. The molecule has 43 heavy (non-hydrogen) atoms. The zero-order valence-corrected chi connectivity index (χ0v) is 23.3. The summed E-state index contributed by atoms with van der Waals surface area (Å²) in [6, 6.07) is 27.6. The van der Waals surface area contributed by atoms with E-state index < -0.39 is 11.7 Å². The maximum Gasteiger partial charge on any atom is 0.282 e. The number of aromatic nitrogens is 2. The molecule has 2 heterocycles. The van der Waals surface area contributed by atoms with Gasteiger partial charge in [-0.1, -0.05) is 42.5 Å². The van der Waals surface area contributed by atoms with Crippen LogP contribution in [0, 0.1) is 5.82 Å². The lowest BCUT2D eigenvalue weighted by Gasteiger charge is -2.16. The fourth-order valence-electron chi connectivity index (χ4n) is 4.53. The van der Waals surface area contributed by atoms with Gasteiger partial charge in [0, 0.05) is 36.8 Å². The van der Waals surface area contributed by atoms with Crippen molar-refractivity contribution in [2.75, 3.05) is 30.9 Å². The Labute approximate surface area is 245 Å². The first kappa shape index (κ1) is 27.4. The van der Waals surface area contributed by atoms with E-state index in [9.17, 15) is 14.0 Å². The summed E-state index contributed by atoms with van der Waals surface area (Å²) >= 11 is 0. The first-order valence-electron chi connectivity index (χ1n) is 13.4. The predicted octanol–water partition coefficient (Wildman–Crippen LogP) is 5.91. The number of halogens is 1. The van der Waals surface area contributed by atoms with Gasteiger partial charge in [0.15, 0.2) is 12.4 Å². The van der Waals surface area contributed by atoms with Gasteiger partial charge in [-0.25, -0.2) is 9.37 Å². The summed E-state index contributed by atoms with van der Waals surface area (Å²) in [7, 11) is 3.75. The van der Waals surface area contributed by atoms with E-state index in [1.54, 1.807) is 36.4 Å². The summed E-state index contributed by atoms with van der Waals surface area (Å²) < 4.78 is 27.1. The van der Waals surface area contributed by atoms with Gasteiger partial charge in [-0.15, -0.1) is 0 Å². The summed E-state index contributed by atoms with van der Waals surface area (Å²) in [6.07, 6.45) is 1.47. The molecule has 1 N–H and O–H groups in total. The van der Waals surface area contributed by atoms with Gasteiger partial charge in [-0.2, -0.15) is 9.78 Å². The summed E-state index contributed by atoms with van der Waals surface area (Å²) in [5, 5.41) is 8.29. The number of para-hydroxylation sites is 3. The maximum absolute atomic E-state index is 14.0. The predicted molar refractivity (Wildman–Crippen MR) is 165 cm³/mol. The van der Waals surface area contributed by atoms with Gasteiger partial charge in [-0.05, 0) is 48.5 Å². The number of rotatable bonds is 8. The van der Waals surface area contributed by atoms with E-state index in [1.807, 2.05) is 61.5 Å². The molecule has 1 amide bonds. The number of benzene rings is 4. The van der Waals surface area contributed by atoms with Crippen LogP contribution in [0.5, 0.6) is 5.75 Å². The number of nitrogens with zero attached hydrogens (tertiary/aromatic N) is 4. The SMILES string of the molecule is CN(C)c1ccc(C=Nn2c(-c3cc4ccccc4o3)nc3ccccc3c2=O)c(OCC(=O)Nc2ccccc2F)c1. The summed E-state index contributed by atoms with van der Waals surface area (Å²) in [4.78, 5) is 32.8. The van der Waals surface area contributed by atoms with Gasteiger partial charge in [0.2, 0.25) is 5.82 Å². The first-order valence-corrected chi connectivity index (χ1v) is 13.4. The van der Waals surface area contributed by atoms with Crippen molar-refractivity contribution in [2.45, 2.75) is 0 Å². The van der Waals surface area contributed by atoms with E-state index in [1.165, 1.54) is 29.1 Å². The Kier molecular flexibility index (Phi) is 7.40. The molecule has 0 unspecified atom stereocenters. The molecule has 0 atom stereocenters. The summed E-state index contributed by atoms with van der Waals surface area (Å²) in [6.45, 7) is -0.381. The van der Waals surface area contributed by atoms with Gasteiger partial charge in [0.05, 0.1) is 22.8 Å². The van der Waals surface area contributed by atoms with E-state index in [2.05, 4.69) is 10.4 Å². The molecule has 0 bridgehead atoms. The van der Waals surface area contributed by atoms with E-state index in [-0.39, 0.29) is 23.7 Å². The van der Waals surface area contributed by atoms with Crippen LogP contribution < -0.4 is 20.5 Å². The second kappa shape index (κ2) is 11.6. The molecule has 0 saturated heterocycles. The van der Waals surface area contributed by atoms with E-state index in [0.717, 1.165) is 11.1 Å². The van der Waals surface area contributed by atoms with Crippen LogP contribution in [0.1, 0.15) is 5.56 Å². The average Bonchev–Trinajstić information content (AvgIpc) is 3.45. The molecule has 6 rings (SSSR count). The number of fused-ring (bicyclic) bond motifs is 2. The lowest BCUT2D eigenvalue weighted by atomic mass is 10.2. The fourth-order valence-corrected chi connectivity index (χ4v) is 4.53. The van der Waals surface area contributed by atoms with Gasteiger partial charge >= 0.3 is 0 Å². The highest BCUT2D eigenvalue weighted by Gasteiger charge is 2.17. The summed E-state index contributed by atoms with van der Waals surface area (Å²) in [5.41, 5.74) is 2.15. The van der Waals surface area contributed by atoms with E-state index >= 15 is 0 Å². The van der Waals surface area contributed by atoms with Gasteiger partial charge < -0.3 is 19.4 Å². The molecule has 0 aliphatic heterocycles. The fraction of sp³-hybridized carbons (Fsp3) is 0.0909. The molecule has 214 valence electrons. The number of nitrogens with one attached hydrogen (secondary N) is 1. The summed E-state index contributed by atoms with van der Waals surface area (Å²) in [5.74, 6) is -0.137. The van der Waals surface area contributed by atoms with Crippen LogP contribution in [-0.4, -0.2) is 42.5 Å². The quantitative estimate of drug-likeness (QED) is 0.226. The Morgan fingerprint density at radius 3 is 2.60 bits per heavy atom. The smallest absolute Gasteiger partial charge is 0.282 e. The van der Waals surface area contributed by atoms with Crippen molar-refractivity contribution in [3.05, 3.63) is 119 Å². The number of amides is 1. The Bertz CT molecular complexity index is 2030. The number of carbonyl (C=O) groups excluding carboxylic acids is 1. The van der Waals surface area contributed by atoms with Crippen molar-refractivity contribution >= 4 is 45.4 Å². The molecule has 0 spiro atoms. The topological polar surface area (TPSA) is 102 Å². The van der Waals surface area contributed by atoms with Crippen molar-refractivity contribution in [2.24, 2.45) is 5.10 Å². The standard InChI is InChI=1S/C33H26FN5O4/c1-38(2)23-16-15-22(29(18-23)42-20-31(40)36-27-13-7-5-11-25(27)34)19-35-39-32(30-17-21-9-3-8-14-28(21)43-30)37-26-12-6-4-10-24(26)33(39)41/h3-19H,20H2,1-2H3,(H,36,40). The first-order chi connectivity index (χ1) is 20.9. The third-order valence-corrected chi connectivity index (χ3v) is 6.73. The van der Waals surface area contributed by atoms with Crippen molar-refractivity contribution < 1.29 is 18.3 Å². The number of ether oxygens (including phenoxy) is 1. The van der Waals surface area contributed by atoms with Crippen LogP contribution in [0.3, 0.4) is 0 Å². The lowest BCUT2D eigenvalue weighted by Crippen LogP contribution is -2.21. The Balaban J connectivity index is 1.37. The zero-order chi connectivity index (χ0) is 29.9. The van der Waals surface area contributed by atoms with Crippen LogP contribution in [0.25, 0.3) is 33.5 Å². The van der Waals surface area contributed by atoms with Crippen molar-refractivity contribution in [3.8, 4) is 17.3 Å². The second-order valence-electron chi connectivity index (χ2n) is 9.90. The molecular formula is C33H26FN5O4. The van der Waals surface area contributed by atoms with Crippen molar-refractivity contribution in [3.63, 3.8) is 0 Å². The Hall–Kier alpha value is -5.77. The minimum atomic E-state index is -0.548. The largest absolute Gasteiger partial charge is 0.483 e. The van der Waals surface area contributed by atoms with E-state index in [0.29, 0.717) is 33.6 Å². The van der Waals surface area contributed by atoms with Crippen LogP contribution in [0.15, 0.2) is 111 Å². The molecule has 6 aromatic rings. The minimum Gasteiger partial charge on any atom is -0.483 e. The maximum atomic E-state index is 14.0. The van der Waals surface area contributed by atoms with Crippen LogP contribution in [0.4, 0.5) is 15.8 Å². The third-order valence-electron chi connectivity index (χ3n) is 6.73. The molecule has 0 saturated carbocycles. The normalized spacial score (nSPS) is 11.3. The number of hydrogen-bond acceptors (Lipinski definition) is 7. The highest BCUT2D eigenvalue weighted by Crippen LogP contribution is 2.28. The molecule has 0 fully saturated rings. The van der Waals surface area contributed by atoms with Gasteiger partial charge in [0.25, 0.3) is 11.5 Å². The minimum absolute atomic E-state index is 0.0567. The van der Waals surface area contributed by atoms with Crippen molar-refractivity contribution in [1.29, 1.82) is 0 Å². The molecule has 0 aliphatic carbocycles. The molecule has 4 aromatic carbocycles. The highest BCUT2D eigenvalue weighted by molar-refractivity contribution is 5.92. The molecular weight excluding hydrogens is 549 g/mol. The molecule has 0 radical (unpaired) electrons. The number of carbonyl (C=O) groups is 1. The lowest BCUT2D eigenvalue weighted by molar-refractivity contribution is -0.118. The molecule has 2 aromatic heterocycles. The monoisotopic (exact) mass is 575 g/mol. The Morgan fingerprint density at radius 2 is 1.79 bits per heavy atom. The van der Waals surface area contributed by atoms with Crippen LogP contribution >= 0.6 is 0 Å². The molecule has 10 heteroatoms.